The number of amides is 2. The van der Waals surface area contributed by atoms with E-state index in [0.29, 0.717) is 35.7 Å². The standard InChI is InChI=1S/C23H35ClN4O2/c1-18(2)28(19-8-4-3-5-9-19)23(30)17-27-14-12-26(13-15-27)16-22(29)25-21-11-7-6-10-20(21)24/h6-7,10-11,18-19H,3-5,8-9,12-17H2,1-2H3,(H,25,29)/p+2. The van der Waals surface area contributed by atoms with Gasteiger partial charge in [-0.25, -0.2) is 0 Å². The lowest BCUT2D eigenvalue weighted by atomic mass is 9.93. The number of para-hydroxylation sites is 1. The van der Waals surface area contributed by atoms with E-state index < -0.39 is 0 Å². The minimum Gasteiger partial charge on any atom is -0.332 e. The maximum Gasteiger partial charge on any atom is 0.279 e. The zero-order chi connectivity index (χ0) is 21.5. The SMILES string of the molecule is CC(C)N(C(=O)C[NH+]1CC[NH+](CC(=O)Nc2ccccc2Cl)CC1)C1CCCCC1. The first-order valence-corrected chi connectivity index (χ1v) is 11.8. The lowest BCUT2D eigenvalue weighted by molar-refractivity contribution is -1.00. The number of hydrogen-bond acceptors (Lipinski definition) is 2. The van der Waals surface area contributed by atoms with Crippen molar-refractivity contribution in [2.45, 2.75) is 58.0 Å². The Bertz CT molecular complexity index is 713. The Balaban J connectivity index is 1.43. The first-order chi connectivity index (χ1) is 14.4. The highest BCUT2D eigenvalue weighted by Crippen LogP contribution is 2.24. The Morgan fingerprint density at radius 1 is 1.03 bits per heavy atom. The molecule has 6 nitrogen and oxygen atoms in total. The fourth-order valence-corrected chi connectivity index (χ4v) is 5.06. The van der Waals surface area contributed by atoms with Crippen molar-refractivity contribution in [1.82, 2.24) is 4.90 Å². The summed E-state index contributed by atoms with van der Waals surface area (Å²) in [5.74, 6) is 0.285. The molecule has 0 unspecified atom stereocenters. The minimum absolute atomic E-state index is 0.0130. The van der Waals surface area contributed by atoms with E-state index in [1.54, 1.807) is 6.07 Å². The van der Waals surface area contributed by atoms with Crippen LogP contribution in [0.3, 0.4) is 0 Å². The molecule has 2 amide bonds. The second kappa shape index (κ2) is 11.1. The van der Waals surface area contributed by atoms with Crippen molar-refractivity contribution in [2.75, 3.05) is 44.6 Å². The fourth-order valence-electron chi connectivity index (χ4n) is 4.87. The zero-order valence-corrected chi connectivity index (χ0v) is 19.1. The molecule has 0 aromatic heterocycles. The summed E-state index contributed by atoms with van der Waals surface area (Å²) in [6.07, 6.45) is 6.09. The highest BCUT2D eigenvalue weighted by atomic mass is 35.5. The molecule has 1 aromatic rings. The summed E-state index contributed by atoms with van der Waals surface area (Å²) in [7, 11) is 0. The lowest BCUT2D eigenvalue weighted by Crippen LogP contribution is -3.28. The molecule has 2 fully saturated rings. The smallest absolute Gasteiger partial charge is 0.279 e. The molecular weight excluding hydrogens is 400 g/mol. The van der Waals surface area contributed by atoms with Gasteiger partial charge in [0.1, 0.15) is 26.2 Å². The maximum atomic E-state index is 13.1. The number of rotatable bonds is 7. The van der Waals surface area contributed by atoms with Crippen LogP contribution in [0.1, 0.15) is 46.0 Å². The van der Waals surface area contributed by atoms with Crippen molar-refractivity contribution < 1.29 is 19.4 Å². The van der Waals surface area contributed by atoms with Crippen LogP contribution in [-0.2, 0) is 9.59 Å². The van der Waals surface area contributed by atoms with Crippen LogP contribution in [0.2, 0.25) is 5.02 Å². The summed E-state index contributed by atoms with van der Waals surface area (Å²) in [5, 5.41) is 3.46. The van der Waals surface area contributed by atoms with Gasteiger partial charge in [-0.15, -0.1) is 0 Å². The van der Waals surface area contributed by atoms with Gasteiger partial charge in [0, 0.05) is 12.1 Å². The van der Waals surface area contributed by atoms with Gasteiger partial charge in [0.05, 0.1) is 10.7 Å². The van der Waals surface area contributed by atoms with E-state index in [-0.39, 0.29) is 11.9 Å². The second-order valence-electron chi connectivity index (χ2n) is 9.07. The number of benzene rings is 1. The molecule has 1 heterocycles. The van der Waals surface area contributed by atoms with Gasteiger partial charge in [-0.3, -0.25) is 9.59 Å². The number of hydrogen-bond donors (Lipinski definition) is 3. The van der Waals surface area contributed by atoms with Gasteiger partial charge in [-0.05, 0) is 38.8 Å². The van der Waals surface area contributed by atoms with Crippen molar-refractivity contribution in [3.8, 4) is 0 Å². The molecule has 1 aromatic carbocycles. The molecule has 3 rings (SSSR count). The van der Waals surface area contributed by atoms with Gasteiger partial charge < -0.3 is 20.0 Å². The third-order valence-corrected chi connectivity index (χ3v) is 6.77. The third kappa shape index (κ3) is 6.43. The molecule has 1 saturated heterocycles. The molecule has 0 spiro atoms. The summed E-state index contributed by atoms with van der Waals surface area (Å²) in [5.41, 5.74) is 0.662. The van der Waals surface area contributed by atoms with Gasteiger partial charge >= 0.3 is 0 Å². The van der Waals surface area contributed by atoms with E-state index >= 15 is 0 Å². The molecule has 0 bridgehead atoms. The largest absolute Gasteiger partial charge is 0.332 e. The molecular formula is C23H37ClN4O2+2. The van der Waals surface area contributed by atoms with Gasteiger partial charge in [-0.2, -0.15) is 0 Å². The predicted octanol–water partition coefficient (Wildman–Crippen LogP) is 0.632. The number of carbonyl (C=O) groups is 2. The lowest BCUT2D eigenvalue weighted by Gasteiger charge is -2.38. The van der Waals surface area contributed by atoms with Crippen molar-refractivity contribution in [3.63, 3.8) is 0 Å². The van der Waals surface area contributed by atoms with Crippen LogP contribution in [0, 0.1) is 0 Å². The monoisotopic (exact) mass is 436 g/mol. The van der Waals surface area contributed by atoms with Gasteiger partial charge in [0.2, 0.25) is 0 Å². The first kappa shape index (κ1) is 23.0. The number of nitrogens with one attached hydrogen (secondary N) is 3. The third-order valence-electron chi connectivity index (χ3n) is 6.44. The van der Waals surface area contributed by atoms with Crippen LogP contribution in [0.5, 0.6) is 0 Å². The number of quaternary nitrogens is 2. The molecule has 3 N–H and O–H groups in total. The predicted molar refractivity (Wildman–Crippen MR) is 120 cm³/mol. The van der Waals surface area contributed by atoms with Crippen molar-refractivity contribution in [1.29, 1.82) is 0 Å². The molecule has 166 valence electrons. The Labute approximate surface area is 185 Å². The molecule has 30 heavy (non-hydrogen) atoms. The van der Waals surface area contributed by atoms with E-state index in [1.165, 1.54) is 29.1 Å². The Morgan fingerprint density at radius 2 is 1.63 bits per heavy atom. The number of carbonyl (C=O) groups excluding carboxylic acids is 2. The normalized spacial score (nSPS) is 22.7. The van der Waals surface area contributed by atoms with Crippen molar-refractivity contribution in [3.05, 3.63) is 29.3 Å². The van der Waals surface area contributed by atoms with E-state index in [9.17, 15) is 9.59 Å². The van der Waals surface area contributed by atoms with Crippen LogP contribution in [0.25, 0.3) is 0 Å². The molecule has 0 radical (unpaired) electrons. The van der Waals surface area contributed by atoms with Crippen LogP contribution in [0.15, 0.2) is 24.3 Å². The summed E-state index contributed by atoms with van der Waals surface area (Å²) >= 11 is 6.12. The summed E-state index contributed by atoms with van der Waals surface area (Å²) < 4.78 is 0. The highest BCUT2D eigenvalue weighted by Gasteiger charge is 2.32. The van der Waals surface area contributed by atoms with Gasteiger partial charge in [0.25, 0.3) is 11.8 Å². The van der Waals surface area contributed by atoms with E-state index in [2.05, 4.69) is 24.1 Å². The van der Waals surface area contributed by atoms with Crippen LogP contribution < -0.4 is 15.1 Å². The molecule has 7 heteroatoms. The maximum absolute atomic E-state index is 13.1. The van der Waals surface area contributed by atoms with Crippen LogP contribution in [-0.4, -0.2) is 68.1 Å². The molecule has 1 saturated carbocycles. The quantitative estimate of drug-likeness (QED) is 0.587. The van der Waals surface area contributed by atoms with E-state index in [0.717, 1.165) is 39.0 Å². The summed E-state index contributed by atoms with van der Waals surface area (Å²) in [6.45, 7) is 8.96. The van der Waals surface area contributed by atoms with Gasteiger partial charge in [0.15, 0.2) is 13.1 Å². The number of anilines is 1. The Kier molecular flexibility index (Phi) is 8.54. The molecule has 1 aliphatic carbocycles. The average molecular weight is 437 g/mol. The molecule has 0 atom stereocenters. The zero-order valence-electron chi connectivity index (χ0n) is 18.4. The van der Waals surface area contributed by atoms with E-state index in [1.807, 2.05) is 18.2 Å². The van der Waals surface area contributed by atoms with Gasteiger partial charge in [-0.1, -0.05) is 43.0 Å². The number of piperazine rings is 1. The van der Waals surface area contributed by atoms with Crippen LogP contribution in [0.4, 0.5) is 5.69 Å². The summed E-state index contributed by atoms with van der Waals surface area (Å²) in [4.78, 5) is 30.2. The average Bonchev–Trinajstić information content (AvgIpc) is 2.72. The topological polar surface area (TPSA) is 58.3 Å². The Morgan fingerprint density at radius 3 is 2.23 bits per heavy atom. The van der Waals surface area contributed by atoms with Crippen molar-refractivity contribution in [2.24, 2.45) is 0 Å². The first-order valence-electron chi connectivity index (χ1n) is 11.5. The van der Waals surface area contributed by atoms with Crippen molar-refractivity contribution >= 4 is 29.1 Å². The molecule has 2 aliphatic rings. The summed E-state index contributed by atoms with van der Waals surface area (Å²) in [6, 6.07) is 7.99. The minimum atomic E-state index is -0.0130. The fraction of sp³-hybridized carbons (Fsp3) is 0.652. The second-order valence-corrected chi connectivity index (χ2v) is 9.48. The van der Waals surface area contributed by atoms with Crippen LogP contribution >= 0.6 is 11.6 Å². The highest BCUT2D eigenvalue weighted by molar-refractivity contribution is 6.33. The van der Waals surface area contributed by atoms with E-state index in [4.69, 9.17) is 11.6 Å². The number of halogens is 1. The number of nitrogens with zero attached hydrogens (tertiary/aromatic N) is 1. The Hall–Kier alpha value is -1.63. The molecule has 1 aliphatic heterocycles.